The largest absolute Gasteiger partial charge is 0.468 e. The number of halogens is 1. The van der Waals surface area contributed by atoms with Crippen LogP contribution in [-0.2, 0) is 11.3 Å². The summed E-state index contributed by atoms with van der Waals surface area (Å²) in [6.07, 6.45) is 7.22. The number of aromatic nitrogens is 4. The van der Waals surface area contributed by atoms with Gasteiger partial charge in [-0.2, -0.15) is 9.61 Å². The molecule has 9 nitrogen and oxygen atoms in total. The Bertz CT molecular complexity index is 1330. The predicted molar refractivity (Wildman–Crippen MR) is 139 cm³/mol. The molecule has 1 atom stereocenters. The summed E-state index contributed by atoms with van der Waals surface area (Å²) in [5.41, 5.74) is 3.40. The maximum absolute atomic E-state index is 13.3. The van der Waals surface area contributed by atoms with E-state index in [1.165, 1.54) is 0 Å². The van der Waals surface area contributed by atoms with Crippen LogP contribution in [0.5, 0.6) is 5.75 Å². The molecule has 36 heavy (non-hydrogen) atoms. The topological polar surface area (TPSA) is 93.9 Å². The van der Waals surface area contributed by atoms with E-state index in [0.717, 1.165) is 46.6 Å². The molecule has 10 heteroatoms. The number of nitrogens with one attached hydrogen (secondary N) is 1. The number of fused-ring (bicyclic) bond motifs is 1. The highest BCUT2D eigenvalue weighted by molar-refractivity contribution is 9.10. The van der Waals surface area contributed by atoms with Gasteiger partial charge in [-0.25, -0.2) is 4.98 Å². The number of pyridine rings is 1. The Hall–Kier alpha value is -3.50. The Balaban J connectivity index is 1.34. The van der Waals surface area contributed by atoms with Gasteiger partial charge in [-0.1, -0.05) is 6.07 Å². The minimum Gasteiger partial charge on any atom is -0.468 e. The first kappa shape index (κ1) is 24.2. The number of carbonyl (C=O) groups excluding carboxylic acids is 1. The molecular formula is C26H27BrN6O3. The molecule has 1 aliphatic rings. The van der Waals surface area contributed by atoms with Crippen molar-refractivity contribution in [1.29, 1.82) is 0 Å². The number of rotatable bonds is 8. The highest BCUT2D eigenvalue weighted by Gasteiger charge is 2.27. The average molecular weight is 551 g/mol. The third-order valence-corrected chi connectivity index (χ3v) is 6.78. The van der Waals surface area contributed by atoms with Gasteiger partial charge in [0.25, 0.3) is 5.91 Å². The number of methoxy groups -OCH3 is 1. The van der Waals surface area contributed by atoms with E-state index in [1.54, 1.807) is 48.3 Å². The molecule has 1 unspecified atom stereocenters. The molecule has 3 aromatic heterocycles. The molecule has 1 fully saturated rings. The zero-order valence-electron chi connectivity index (χ0n) is 19.9. The zero-order valence-corrected chi connectivity index (χ0v) is 21.5. The summed E-state index contributed by atoms with van der Waals surface area (Å²) in [7, 11) is 1.57. The maximum atomic E-state index is 13.3. The van der Waals surface area contributed by atoms with Crippen LogP contribution in [0.4, 0.5) is 5.82 Å². The number of amides is 1. The Morgan fingerprint density at radius 3 is 2.86 bits per heavy atom. The molecule has 1 aromatic carbocycles. The summed E-state index contributed by atoms with van der Waals surface area (Å²) < 4.78 is 13.0. The molecule has 4 aromatic rings. The van der Waals surface area contributed by atoms with Gasteiger partial charge in [-0.15, -0.1) is 0 Å². The molecular weight excluding hydrogens is 524 g/mol. The van der Waals surface area contributed by atoms with Crippen molar-refractivity contribution in [2.24, 2.45) is 0 Å². The quantitative estimate of drug-likeness (QED) is 0.323. The second-order valence-electron chi connectivity index (χ2n) is 8.67. The molecule has 0 bridgehead atoms. The van der Waals surface area contributed by atoms with E-state index in [4.69, 9.17) is 14.5 Å². The van der Waals surface area contributed by atoms with E-state index in [0.29, 0.717) is 24.4 Å². The number of hydrogen-bond donors (Lipinski definition) is 1. The summed E-state index contributed by atoms with van der Waals surface area (Å²) in [6, 6.07) is 13.2. The summed E-state index contributed by atoms with van der Waals surface area (Å²) in [4.78, 5) is 24.3. The van der Waals surface area contributed by atoms with Crippen LogP contribution in [-0.4, -0.2) is 57.4 Å². The van der Waals surface area contributed by atoms with Gasteiger partial charge < -0.3 is 19.7 Å². The Labute approximate surface area is 217 Å². The van der Waals surface area contributed by atoms with Gasteiger partial charge in [0.05, 0.1) is 16.4 Å². The van der Waals surface area contributed by atoms with E-state index < -0.39 is 0 Å². The van der Waals surface area contributed by atoms with Gasteiger partial charge in [-0.05, 0) is 64.7 Å². The molecule has 0 aliphatic carbocycles. The first-order valence-electron chi connectivity index (χ1n) is 11.8. The van der Waals surface area contributed by atoms with Crippen molar-refractivity contribution in [3.05, 3.63) is 82.3 Å². The Kier molecular flexibility index (Phi) is 7.43. The number of piperidine rings is 1. The molecule has 4 heterocycles. The van der Waals surface area contributed by atoms with Crippen LogP contribution < -0.4 is 10.1 Å². The van der Waals surface area contributed by atoms with Crippen LogP contribution in [0.2, 0.25) is 0 Å². The third kappa shape index (κ3) is 5.34. The Morgan fingerprint density at radius 1 is 1.22 bits per heavy atom. The summed E-state index contributed by atoms with van der Waals surface area (Å²) in [6.45, 7) is 2.12. The van der Waals surface area contributed by atoms with Gasteiger partial charge >= 0.3 is 0 Å². The minimum absolute atomic E-state index is 0.0135. The van der Waals surface area contributed by atoms with Crippen molar-refractivity contribution >= 4 is 33.3 Å². The van der Waals surface area contributed by atoms with Gasteiger partial charge in [0.1, 0.15) is 11.6 Å². The average Bonchev–Trinajstić information content (AvgIpc) is 3.31. The van der Waals surface area contributed by atoms with Crippen LogP contribution in [0.15, 0.2) is 65.5 Å². The molecule has 0 saturated carbocycles. The number of ether oxygens (including phenoxy) is 2. The van der Waals surface area contributed by atoms with Crippen LogP contribution >= 0.6 is 15.9 Å². The second kappa shape index (κ2) is 11.0. The molecule has 5 rings (SSSR count). The summed E-state index contributed by atoms with van der Waals surface area (Å²) in [5.74, 6) is 1.65. The predicted octanol–water partition coefficient (Wildman–Crippen LogP) is 4.50. The standard InChI is InChI=1S/C26H27BrN6O3/c1-35-17-36-21-8-6-19(7-9-21)26(34)32-11-3-5-20(16-32)23-12-24(29-14-18-4-2-10-28-13-18)33-25(31-23)22(27)15-30-33/h2,4,6-10,12-13,15,20,29H,3,5,11,14,16-17H2,1H3. The number of hydrogen-bond acceptors (Lipinski definition) is 7. The molecule has 186 valence electrons. The minimum atomic E-state index is 0.0135. The van der Waals surface area contributed by atoms with Crippen molar-refractivity contribution in [3.8, 4) is 5.75 Å². The molecule has 1 amide bonds. The lowest BCUT2D eigenvalue weighted by molar-refractivity contribution is 0.0511. The van der Waals surface area contributed by atoms with Crippen molar-refractivity contribution in [1.82, 2.24) is 24.5 Å². The molecule has 1 N–H and O–H groups in total. The number of likely N-dealkylation sites (tertiary alicyclic amines) is 1. The van der Waals surface area contributed by atoms with E-state index in [2.05, 4.69) is 31.3 Å². The SMILES string of the molecule is COCOc1ccc(C(=O)N2CCCC(c3cc(NCc4cccnc4)n4ncc(Br)c4n3)C2)cc1. The molecule has 0 spiro atoms. The summed E-state index contributed by atoms with van der Waals surface area (Å²) >= 11 is 3.58. The summed E-state index contributed by atoms with van der Waals surface area (Å²) in [5, 5.41) is 7.95. The van der Waals surface area contributed by atoms with E-state index >= 15 is 0 Å². The highest BCUT2D eigenvalue weighted by atomic mass is 79.9. The van der Waals surface area contributed by atoms with Gasteiger partial charge in [0.15, 0.2) is 12.4 Å². The molecule has 1 aliphatic heterocycles. The maximum Gasteiger partial charge on any atom is 0.253 e. The molecule has 1 saturated heterocycles. The zero-order chi connectivity index (χ0) is 24.9. The monoisotopic (exact) mass is 550 g/mol. The Morgan fingerprint density at radius 2 is 2.08 bits per heavy atom. The lowest BCUT2D eigenvalue weighted by Gasteiger charge is -2.33. The van der Waals surface area contributed by atoms with Gasteiger partial charge in [0.2, 0.25) is 0 Å². The first-order valence-corrected chi connectivity index (χ1v) is 12.6. The fraction of sp³-hybridized carbons (Fsp3) is 0.308. The van der Waals surface area contributed by atoms with Crippen molar-refractivity contribution < 1.29 is 14.3 Å². The lowest BCUT2D eigenvalue weighted by atomic mass is 9.94. The number of carbonyl (C=O) groups is 1. The van der Waals surface area contributed by atoms with Gasteiger partial charge in [0, 0.05) is 56.7 Å². The number of anilines is 1. The third-order valence-electron chi connectivity index (χ3n) is 6.22. The van der Waals surface area contributed by atoms with E-state index in [9.17, 15) is 4.79 Å². The van der Waals surface area contributed by atoms with Crippen molar-refractivity contribution in [2.45, 2.75) is 25.3 Å². The van der Waals surface area contributed by atoms with E-state index in [-0.39, 0.29) is 18.6 Å². The second-order valence-corrected chi connectivity index (χ2v) is 9.53. The van der Waals surface area contributed by atoms with Crippen molar-refractivity contribution in [3.63, 3.8) is 0 Å². The van der Waals surface area contributed by atoms with Crippen LogP contribution in [0.3, 0.4) is 0 Å². The van der Waals surface area contributed by atoms with Gasteiger partial charge in [-0.3, -0.25) is 9.78 Å². The molecule has 0 radical (unpaired) electrons. The normalized spacial score (nSPS) is 15.7. The lowest BCUT2D eigenvalue weighted by Crippen LogP contribution is -2.39. The van der Waals surface area contributed by atoms with Crippen LogP contribution in [0, 0.1) is 0 Å². The van der Waals surface area contributed by atoms with E-state index in [1.807, 2.05) is 29.3 Å². The number of nitrogens with zero attached hydrogens (tertiary/aromatic N) is 5. The number of benzene rings is 1. The smallest absolute Gasteiger partial charge is 0.253 e. The fourth-order valence-electron chi connectivity index (χ4n) is 4.39. The van der Waals surface area contributed by atoms with Crippen LogP contribution in [0.1, 0.15) is 40.4 Å². The van der Waals surface area contributed by atoms with Crippen molar-refractivity contribution in [2.75, 3.05) is 32.3 Å². The fourth-order valence-corrected chi connectivity index (χ4v) is 4.74. The van der Waals surface area contributed by atoms with Crippen LogP contribution in [0.25, 0.3) is 5.65 Å². The first-order chi connectivity index (χ1) is 17.6. The highest BCUT2D eigenvalue weighted by Crippen LogP contribution is 2.30.